The monoisotopic (exact) mass is 790 g/mol. The predicted molar refractivity (Wildman–Crippen MR) is 241 cm³/mol. The van der Waals surface area contributed by atoms with Crippen molar-refractivity contribution >= 4 is 59.3 Å². The Labute approximate surface area is 343 Å². The molecule has 0 N–H and O–H groups in total. The van der Waals surface area contributed by atoms with Crippen LogP contribution in [0.15, 0.2) is 181 Å². The van der Waals surface area contributed by atoms with Crippen molar-refractivity contribution in [2.75, 3.05) is 0 Å². The molecule has 8 rings (SSSR count). The lowest BCUT2D eigenvalue weighted by Gasteiger charge is -2.38. The smallest absolute Gasteiger partial charge is 0.347 e. The summed E-state index contributed by atoms with van der Waals surface area (Å²) >= 11 is 0. The third-order valence-electron chi connectivity index (χ3n) is 11.3. The molecule has 0 saturated heterocycles. The molecule has 7 aromatic carbocycles. The van der Waals surface area contributed by atoms with E-state index < -0.39 is 16.6 Å². The van der Waals surface area contributed by atoms with Crippen LogP contribution in [0.1, 0.15) is 54.1 Å². The molecule has 0 heterocycles. The largest absolute Gasteiger partial charge is 0.525 e. The Morgan fingerprint density at radius 1 is 0.293 bits per heavy atom. The molecule has 6 heteroatoms. The summed E-state index contributed by atoms with van der Waals surface area (Å²) in [6.07, 6.45) is 0. The molecule has 4 nitrogen and oxygen atoms in total. The summed E-state index contributed by atoms with van der Waals surface area (Å²) in [6.45, 7) is 12.4. The Hall–Kier alpha value is -6.35. The van der Waals surface area contributed by atoms with E-state index in [9.17, 15) is 0 Å². The standard InChI is InChI=1S/C52H46O4Si2/c1-35-11-23-41(24-12-35)57(42-25-13-36(2)14-26-42,43-27-15-37(3)16-28-43)55-51-49(53)47-9-7-8-10-48(47)50(54)52(51)56-58(44-29-17-38(4)18-30-44,45-31-19-39(5)20-32-45)46-33-21-40(6)22-34-46/h7-34H,1-6H3. The van der Waals surface area contributed by atoms with E-state index in [0.29, 0.717) is 11.1 Å². The van der Waals surface area contributed by atoms with Crippen LogP contribution in [0.5, 0.6) is 0 Å². The molecule has 0 spiro atoms. The third kappa shape index (κ3) is 6.89. The van der Waals surface area contributed by atoms with E-state index >= 15 is 9.59 Å². The number of Topliss-reactive ketones (excluding diaryl/α,β-unsaturated/α-hetero) is 2. The molecule has 0 atom stereocenters. The summed E-state index contributed by atoms with van der Waals surface area (Å²) in [5.74, 6) is -0.901. The molecule has 0 aliphatic heterocycles. The van der Waals surface area contributed by atoms with Crippen molar-refractivity contribution in [2.45, 2.75) is 41.5 Å². The number of carbonyl (C=O) groups excluding carboxylic acids is 2. The molecule has 58 heavy (non-hydrogen) atoms. The van der Waals surface area contributed by atoms with Crippen LogP contribution in [0.25, 0.3) is 0 Å². The molecule has 7 aromatic rings. The Morgan fingerprint density at radius 3 is 0.672 bits per heavy atom. The Bertz CT molecular complexity index is 2250. The first kappa shape index (κ1) is 38.5. The number of aryl methyl sites for hydroxylation is 6. The second-order valence-corrected chi connectivity index (χ2v) is 22.2. The number of allylic oxidation sites excluding steroid dienone is 2. The van der Waals surface area contributed by atoms with Gasteiger partial charge in [0.1, 0.15) is 0 Å². The maximum absolute atomic E-state index is 15.4. The first-order chi connectivity index (χ1) is 28.0. The highest BCUT2D eigenvalue weighted by atomic mass is 28.4. The van der Waals surface area contributed by atoms with Crippen LogP contribution in [0.3, 0.4) is 0 Å². The first-order valence-corrected chi connectivity index (χ1v) is 23.5. The molecule has 0 fully saturated rings. The predicted octanol–water partition coefficient (Wildman–Crippen LogP) is 7.50. The van der Waals surface area contributed by atoms with Crippen LogP contribution >= 0.6 is 0 Å². The lowest BCUT2D eigenvalue weighted by molar-refractivity contribution is 0.0896. The topological polar surface area (TPSA) is 52.6 Å². The van der Waals surface area contributed by atoms with Crippen molar-refractivity contribution in [3.8, 4) is 0 Å². The second-order valence-electron chi connectivity index (χ2n) is 15.6. The highest BCUT2D eigenvalue weighted by molar-refractivity contribution is 7.08. The fourth-order valence-electron chi connectivity index (χ4n) is 7.90. The molecule has 0 radical (unpaired) electrons. The lowest BCUT2D eigenvalue weighted by atomic mass is 9.92. The maximum Gasteiger partial charge on any atom is 0.347 e. The van der Waals surface area contributed by atoms with Gasteiger partial charge in [0.2, 0.25) is 11.6 Å². The van der Waals surface area contributed by atoms with Crippen molar-refractivity contribution < 1.29 is 18.4 Å². The van der Waals surface area contributed by atoms with Gasteiger partial charge in [0, 0.05) is 11.1 Å². The average Bonchev–Trinajstić information content (AvgIpc) is 3.24. The number of ketones is 2. The summed E-state index contributed by atoms with van der Waals surface area (Å²) in [4.78, 5) is 30.7. The molecular formula is C52H46O4Si2. The number of benzene rings is 7. The summed E-state index contributed by atoms with van der Waals surface area (Å²) in [6, 6.07) is 57.3. The summed E-state index contributed by atoms with van der Waals surface area (Å²) in [7, 11) is -7.29. The zero-order chi connectivity index (χ0) is 40.6. The summed E-state index contributed by atoms with van der Waals surface area (Å²) in [5, 5.41) is 5.64. The normalized spacial score (nSPS) is 13.0. The van der Waals surface area contributed by atoms with Gasteiger partial charge in [-0.05, 0) is 72.7 Å². The van der Waals surface area contributed by atoms with Gasteiger partial charge in [-0.15, -0.1) is 0 Å². The number of rotatable bonds is 10. The minimum atomic E-state index is -3.65. The van der Waals surface area contributed by atoms with Crippen LogP contribution in [-0.2, 0) is 8.85 Å². The van der Waals surface area contributed by atoms with Crippen molar-refractivity contribution in [3.63, 3.8) is 0 Å². The summed E-state index contributed by atoms with van der Waals surface area (Å²) in [5.41, 5.74) is 7.20. The van der Waals surface area contributed by atoms with Crippen molar-refractivity contribution in [3.05, 3.63) is 226 Å². The third-order valence-corrected chi connectivity index (χ3v) is 19.2. The van der Waals surface area contributed by atoms with Gasteiger partial charge in [0.15, 0.2) is 11.5 Å². The minimum absolute atomic E-state index is 0.0692. The lowest BCUT2D eigenvalue weighted by Crippen LogP contribution is -2.70. The van der Waals surface area contributed by atoms with Gasteiger partial charge >= 0.3 is 16.6 Å². The number of fused-ring (bicyclic) bond motifs is 1. The molecule has 0 amide bonds. The highest BCUT2D eigenvalue weighted by Gasteiger charge is 2.51. The molecule has 286 valence electrons. The molecule has 0 bridgehead atoms. The van der Waals surface area contributed by atoms with E-state index in [1.807, 2.05) is 0 Å². The number of carbonyl (C=O) groups is 2. The molecule has 1 aliphatic rings. The van der Waals surface area contributed by atoms with Gasteiger partial charge in [-0.2, -0.15) is 0 Å². The Kier molecular flexibility index (Phi) is 10.3. The van der Waals surface area contributed by atoms with E-state index in [0.717, 1.165) is 64.5 Å². The quantitative estimate of drug-likeness (QED) is 0.107. The van der Waals surface area contributed by atoms with Crippen molar-refractivity contribution in [2.24, 2.45) is 0 Å². The van der Waals surface area contributed by atoms with Crippen LogP contribution in [0.2, 0.25) is 0 Å². The SMILES string of the molecule is Cc1ccc([Si](OC2=C(O[Si](c3ccc(C)cc3)(c3ccc(C)cc3)c3ccc(C)cc3)C(=O)c3ccccc3C2=O)(c2ccc(C)cc2)c2ccc(C)cc2)cc1. The van der Waals surface area contributed by atoms with Crippen molar-refractivity contribution in [1.29, 1.82) is 0 Å². The van der Waals surface area contributed by atoms with E-state index in [4.69, 9.17) is 8.85 Å². The first-order valence-electron chi connectivity index (χ1n) is 19.7. The number of hydrogen-bond donors (Lipinski definition) is 0. The van der Waals surface area contributed by atoms with E-state index in [2.05, 4.69) is 187 Å². The van der Waals surface area contributed by atoms with Crippen LogP contribution in [0.4, 0.5) is 0 Å². The fraction of sp³-hybridized carbons (Fsp3) is 0.115. The minimum Gasteiger partial charge on any atom is -0.525 e. The number of hydrogen-bond acceptors (Lipinski definition) is 4. The highest BCUT2D eigenvalue weighted by Crippen LogP contribution is 2.32. The molecule has 0 saturated carbocycles. The van der Waals surface area contributed by atoms with Gasteiger partial charge in [-0.25, -0.2) is 0 Å². The zero-order valence-corrected chi connectivity index (χ0v) is 35.8. The van der Waals surface area contributed by atoms with Gasteiger partial charge in [0.05, 0.1) is 0 Å². The van der Waals surface area contributed by atoms with Gasteiger partial charge < -0.3 is 8.85 Å². The maximum atomic E-state index is 15.4. The van der Waals surface area contributed by atoms with Gasteiger partial charge in [0.25, 0.3) is 0 Å². The second kappa shape index (κ2) is 15.5. The zero-order valence-electron chi connectivity index (χ0n) is 33.8. The van der Waals surface area contributed by atoms with Gasteiger partial charge in [-0.3, -0.25) is 9.59 Å². The van der Waals surface area contributed by atoms with Crippen LogP contribution < -0.4 is 31.1 Å². The Balaban J connectivity index is 1.48. The molecule has 0 aromatic heterocycles. The average molecular weight is 791 g/mol. The Morgan fingerprint density at radius 2 is 0.483 bits per heavy atom. The fourth-order valence-corrected chi connectivity index (χ4v) is 15.4. The van der Waals surface area contributed by atoms with Crippen LogP contribution in [-0.4, -0.2) is 28.2 Å². The van der Waals surface area contributed by atoms with E-state index in [1.165, 1.54) is 0 Å². The van der Waals surface area contributed by atoms with Crippen molar-refractivity contribution in [1.82, 2.24) is 0 Å². The molecule has 1 aliphatic carbocycles. The van der Waals surface area contributed by atoms with E-state index in [-0.39, 0.29) is 23.1 Å². The molecular weight excluding hydrogens is 745 g/mol. The van der Waals surface area contributed by atoms with E-state index in [1.54, 1.807) is 24.3 Å². The van der Waals surface area contributed by atoms with Gasteiger partial charge in [-0.1, -0.05) is 203 Å². The van der Waals surface area contributed by atoms with Crippen LogP contribution in [0, 0.1) is 41.5 Å². The summed E-state index contributed by atoms with van der Waals surface area (Å²) < 4.78 is 15.3. The molecule has 0 unspecified atom stereocenters.